The standard InChI is InChI=1S/C44H54ClN5O4/c1-32-9-4-5-15-50(32)29-38-24-41(45)44(25-43(38)53-30-36-23-35(26-46)27-47-28-36)54-31-37-10-6-11-39(33(37)2)40-12-7-13-42(34(40)3)52-22-8-14-48-16-18-49(19-17-48)20-21-51/h6-7,10-13,23-25,27-28,32,51H,4-5,8-9,14-22,29-31H2,1-3H3/t32-/m1/s1. The van der Waals surface area contributed by atoms with Crippen LogP contribution < -0.4 is 14.2 Å². The van der Waals surface area contributed by atoms with Crippen molar-refractivity contribution in [3.8, 4) is 34.4 Å². The Morgan fingerprint density at radius 2 is 1.56 bits per heavy atom. The molecule has 2 fully saturated rings. The van der Waals surface area contributed by atoms with Gasteiger partial charge in [0, 0.05) is 81.4 Å². The number of nitriles is 1. The van der Waals surface area contributed by atoms with Crippen LogP contribution in [-0.4, -0.2) is 89.9 Å². The summed E-state index contributed by atoms with van der Waals surface area (Å²) in [5.74, 6) is 2.19. The van der Waals surface area contributed by atoms with E-state index in [0.29, 0.717) is 41.3 Å². The average molecular weight is 752 g/mol. The third-order valence-electron chi connectivity index (χ3n) is 10.9. The molecule has 2 aliphatic rings. The highest BCUT2D eigenvalue weighted by molar-refractivity contribution is 6.32. The van der Waals surface area contributed by atoms with Crippen molar-refractivity contribution in [2.75, 3.05) is 59.0 Å². The van der Waals surface area contributed by atoms with Gasteiger partial charge in [0.1, 0.15) is 36.5 Å². The van der Waals surface area contributed by atoms with Crippen LogP contribution in [0.25, 0.3) is 11.1 Å². The number of aliphatic hydroxyl groups excluding tert-OH is 1. The molecule has 0 aliphatic carbocycles. The molecule has 1 aromatic heterocycles. The molecule has 0 spiro atoms. The number of pyridine rings is 1. The van der Waals surface area contributed by atoms with Crippen LogP contribution in [0.2, 0.25) is 5.02 Å². The first kappa shape index (κ1) is 39.5. The lowest BCUT2D eigenvalue weighted by atomic mass is 9.93. The number of piperidine rings is 1. The Hall–Kier alpha value is -4.17. The molecule has 10 heteroatoms. The van der Waals surface area contributed by atoms with Crippen LogP contribution in [-0.2, 0) is 19.8 Å². The summed E-state index contributed by atoms with van der Waals surface area (Å²) >= 11 is 6.93. The fraction of sp³-hybridized carbons (Fsp3) is 0.455. The van der Waals surface area contributed by atoms with Crippen LogP contribution in [0, 0.1) is 25.2 Å². The zero-order valence-corrected chi connectivity index (χ0v) is 32.8. The molecule has 0 saturated carbocycles. The van der Waals surface area contributed by atoms with Gasteiger partial charge in [-0.05, 0) is 92.6 Å². The largest absolute Gasteiger partial charge is 0.493 e. The minimum absolute atomic E-state index is 0.226. The predicted molar refractivity (Wildman–Crippen MR) is 214 cm³/mol. The van der Waals surface area contributed by atoms with E-state index in [0.717, 1.165) is 103 Å². The molecule has 0 amide bonds. The SMILES string of the molecule is Cc1c(COc2cc(OCc3cncc(C#N)c3)c(CN3CCCC[C@H]3C)cc2Cl)cccc1-c1cccc(OCCCN2CCN(CCO)CC2)c1C. The highest BCUT2D eigenvalue weighted by atomic mass is 35.5. The Bertz CT molecular complexity index is 1890. The van der Waals surface area contributed by atoms with Gasteiger partial charge in [0.25, 0.3) is 0 Å². The maximum atomic E-state index is 9.36. The number of halogens is 1. The second-order valence-corrected chi connectivity index (χ2v) is 15.0. The first-order chi connectivity index (χ1) is 26.3. The molecule has 286 valence electrons. The monoisotopic (exact) mass is 751 g/mol. The summed E-state index contributed by atoms with van der Waals surface area (Å²) in [7, 11) is 0. The van der Waals surface area contributed by atoms with Crippen molar-refractivity contribution in [1.82, 2.24) is 19.7 Å². The van der Waals surface area contributed by atoms with Gasteiger partial charge < -0.3 is 24.2 Å². The van der Waals surface area contributed by atoms with Crippen LogP contribution in [0.4, 0.5) is 0 Å². The number of ether oxygens (including phenoxy) is 3. The molecule has 1 N–H and O–H groups in total. The number of likely N-dealkylation sites (tertiary alicyclic amines) is 1. The van der Waals surface area contributed by atoms with Gasteiger partial charge in [-0.3, -0.25) is 14.8 Å². The quantitative estimate of drug-likeness (QED) is 0.115. The van der Waals surface area contributed by atoms with Gasteiger partial charge in [-0.1, -0.05) is 48.4 Å². The number of piperazine rings is 1. The lowest BCUT2D eigenvalue weighted by Crippen LogP contribution is -2.47. The number of hydrogen-bond acceptors (Lipinski definition) is 9. The lowest BCUT2D eigenvalue weighted by molar-refractivity contribution is 0.108. The van der Waals surface area contributed by atoms with E-state index in [1.165, 1.54) is 19.3 Å². The Kier molecular flexibility index (Phi) is 14.2. The molecule has 9 nitrogen and oxygen atoms in total. The van der Waals surface area contributed by atoms with E-state index < -0.39 is 0 Å². The van der Waals surface area contributed by atoms with Crippen LogP contribution in [0.5, 0.6) is 17.2 Å². The van der Waals surface area contributed by atoms with E-state index in [4.69, 9.17) is 25.8 Å². The van der Waals surface area contributed by atoms with Crippen molar-refractivity contribution in [2.24, 2.45) is 0 Å². The van der Waals surface area contributed by atoms with Crippen molar-refractivity contribution in [1.29, 1.82) is 5.26 Å². The van der Waals surface area contributed by atoms with Crippen molar-refractivity contribution in [2.45, 2.75) is 72.3 Å². The summed E-state index contributed by atoms with van der Waals surface area (Å²) in [5.41, 5.74) is 7.97. The topological polar surface area (TPSA) is 94.3 Å². The summed E-state index contributed by atoms with van der Waals surface area (Å²) in [4.78, 5) is 11.5. The van der Waals surface area contributed by atoms with Crippen LogP contribution in [0.15, 0.2) is 67.0 Å². The molecule has 54 heavy (non-hydrogen) atoms. The Labute approximate surface area is 326 Å². The highest BCUT2D eigenvalue weighted by Crippen LogP contribution is 2.37. The van der Waals surface area contributed by atoms with Crippen molar-refractivity contribution >= 4 is 11.6 Å². The molecule has 0 bridgehead atoms. The van der Waals surface area contributed by atoms with E-state index in [-0.39, 0.29) is 13.2 Å². The molecule has 4 aromatic rings. The fourth-order valence-corrected chi connectivity index (χ4v) is 7.78. The number of aromatic nitrogens is 1. The number of nitrogens with zero attached hydrogens (tertiary/aromatic N) is 5. The maximum Gasteiger partial charge on any atom is 0.142 e. The number of rotatable bonds is 16. The first-order valence-electron chi connectivity index (χ1n) is 19.4. The molecule has 0 unspecified atom stereocenters. The molecule has 2 saturated heterocycles. The van der Waals surface area contributed by atoms with Gasteiger partial charge in [-0.2, -0.15) is 5.26 Å². The van der Waals surface area contributed by atoms with Gasteiger partial charge in [0.2, 0.25) is 0 Å². The molecule has 3 aromatic carbocycles. The molecular weight excluding hydrogens is 698 g/mol. The van der Waals surface area contributed by atoms with E-state index in [9.17, 15) is 10.4 Å². The van der Waals surface area contributed by atoms with Crippen molar-refractivity contribution in [3.05, 3.63) is 105 Å². The Morgan fingerprint density at radius 1 is 0.815 bits per heavy atom. The first-order valence-corrected chi connectivity index (χ1v) is 19.7. The summed E-state index contributed by atoms with van der Waals surface area (Å²) < 4.78 is 19.2. The number of hydrogen-bond donors (Lipinski definition) is 1. The van der Waals surface area contributed by atoms with Crippen LogP contribution in [0.3, 0.4) is 0 Å². The normalized spacial score (nSPS) is 16.9. The smallest absolute Gasteiger partial charge is 0.142 e. The highest BCUT2D eigenvalue weighted by Gasteiger charge is 2.22. The van der Waals surface area contributed by atoms with Gasteiger partial charge in [-0.15, -0.1) is 0 Å². The van der Waals surface area contributed by atoms with Gasteiger partial charge in [0.15, 0.2) is 0 Å². The lowest BCUT2D eigenvalue weighted by Gasteiger charge is -2.34. The summed E-state index contributed by atoms with van der Waals surface area (Å²) in [5, 5.41) is 19.1. The Morgan fingerprint density at radius 3 is 2.31 bits per heavy atom. The molecule has 3 heterocycles. The van der Waals surface area contributed by atoms with E-state index >= 15 is 0 Å². The summed E-state index contributed by atoms with van der Waals surface area (Å²) in [6.07, 6.45) is 7.86. The van der Waals surface area contributed by atoms with Crippen molar-refractivity contribution in [3.63, 3.8) is 0 Å². The fourth-order valence-electron chi connectivity index (χ4n) is 7.54. The number of benzene rings is 3. The molecule has 2 aliphatic heterocycles. The Balaban J connectivity index is 1.13. The molecular formula is C44H54ClN5O4. The third kappa shape index (κ3) is 10.3. The molecule has 1 atom stereocenters. The van der Waals surface area contributed by atoms with E-state index in [1.54, 1.807) is 18.5 Å². The second kappa shape index (κ2) is 19.4. The van der Waals surface area contributed by atoms with Crippen molar-refractivity contribution < 1.29 is 19.3 Å². The number of aliphatic hydroxyl groups is 1. The summed E-state index contributed by atoms with van der Waals surface area (Å²) in [6, 6.07) is 21.0. The maximum absolute atomic E-state index is 9.36. The predicted octanol–water partition coefficient (Wildman–Crippen LogP) is 7.80. The number of β-amino-alcohol motifs (C(OH)–C–C–N with tert-alkyl or cyclic N) is 1. The van der Waals surface area contributed by atoms with E-state index in [2.05, 4.69) is 82.9 Å². The van der Waals surface area contributed by atoms with Gasteiger partial charge in [-0.25, -0.2) is 0 Å². The third-order valence-corrected chi connectivity index (χ3v) is 11.2. The molecule has 0 radical (unpaired) electrons. The van der Waals surface area contributed by atoms with E-state index in [1.807, 2.05) is 12.1 Å². The zero-order chi connectivity index (χ0) is 37.9. The van der Waals surface area contributed by atoms with Crippen LogP contribution in [0.1, 0.15) is 66.0 Å². The van der Waals surface area contributed by atoms with Crippen LogP contribution >= 0.6 is 11.6 Å². The zero-order valence-electron chi connectivity index (χ0n) is 32.0. The minimum atomic E-state index is 0.226. The average Bonchev–Trinajstić information content (AvgIpc) is 3.18. The summed E-state index contributed by atoms with van der Waals surface area (Å²) in [6.45, 7) is 15.7. The van der Waals surface area contributed by atoms with Gasteiger partial charge in [0.05, 0.1) is 23.8 Å². The molecule has 6 rings (SSSR count). The minimum Gasteiger partial charge on any atom is -0.493 e. The second-order valence-electron chi connectivity index (χ2n) is 14.6. The van der Waals surface area contributed by atoms with Gasteiger partial charge >= 0.3 is 0 Å².